The van der Waals surface area contributed by atoms with Crippen molar-refractivity contribution in [2.75, 3.05) is 7.11 Å². The second-order valence-corrected chi connectivity index (χ2v) is 3.53. The summed E-state index contributed by atoms with van der Waals surface area (Å²) in [5.74, 6) is 0.766. The van der Waals surface area contributed by atoms with Gasteiger partial charge in [-0.25, -0.2) is 0 Å². The van der Waals surface area contributed by atoms with E-state index in [1.807, 2.05) is 0 Å². The van der Waals surface area contributed by atoms with Crippen LogP contribution in [0.25, 0.3) is 0 Å². The van der Waals surface area contributed by atoms with E-state index in [1.54, 1.807) is 18.2 Å². The van der Waals surface area contributed by atoms with Crippen LogP contribution in [-0.4, -0.2) is 12.9 Å². The Hall–Kier alpha value is -1.19. The Labute approximate surface area is 104 Å². The minimum absolute atomic E-state index is 0.0236. The van der Waals surface area contributed by atoms with Crippen molar-refractivity contribution in [2.45, 2.75) is 6.92 Å². The number of ether oxygens (including phenoxy) is 2. The molecule has 0 unspecified atom stereocenters. The van der Waals surface area contributed by atoms with Gasteiger partial charge >= 0.3 is 0 Å². The third kappa shape index (κ3) is 3.15. The van der Waals surface area contributed by atoms with Crippen LogP contribution in [-0.2, 0) is 0 Å². The minimum atomic E-state index is -0.0520. The van der Waals surface area contributed by atoms with Crippen molar-refractivity contribution in [2.24, 2.45) is 0 Å². The highest BCUT2D eigenvalue weighted by atomic mass is 35.5. The summed E-state index contributed by atoms with van der Waals surface area (Å²) in [6.07, 6.45) is 0. The summed E-state index contributed by atoms with van der Waals surface area (Å²) in [7, 11) is 1.48. The highest BCUT2D eigenvalue weighted by Gasteiger charge is 2.09. The summed E-state index contributed by atoms with van der Waals surface area (Å²) in [5.41, 5.74) is 1.63. The lowest BCUT2D eigenvalue weighted by Crippen LogP contribution is -1.97. The molecule has 0 amide bonds. The number of methoxy groups -OCH3 is 1. The molecule has 0 aliphatic rings. The Morgan fingerprint density at radius 1 is 1.38 bits per heavy atom. The number of hydrogen-bond donors (Lipinski definition) is 0. The number of hydrogen-bond acceptors (Lipinski definition) is 3. The van der Waals surface area contributed by atoms with Crippen LogP contribution >= 0.6 is 23.2 Å². The first-order valence-corrected chi connectivity index (χ1v) is 5.22. The quantitative estimate of drug-likeness (QED) is 0.614. The summed E-state index contributed by atoms with van der Waals surface area (Å²) < 4.78 is 10.3. The van der Waals surface area contributed by atoms with Crippen molar-refractivity contribution >= 4 is 29.0 Å². The lowest BCUT2D eigenvalue weighted by Gasteiger charge is -2.09. The molecular formula is C11H10Cl2O3. The zero-order valence-corrected chi connectivity index (χ0v) is 10.3. The van der Waals surface area contributed by atoms with Gasteiger partial charge < -0.3 is 9.47 Å². The van der Waals surface area contributed by atoms with Crippen LogP contribution in [0.4, 0.5) is 0 Å². The number of halogens is 2. The molecule has 16 heavy (non-hydrogen) atoms. The highest BCUT2D eigenvalue weighted by Crippen LogP contribution is 2.30. The van der Waals surface area contributed by atoms with Crippen LogP contribution in [0.1, 0.15) is 17.3 Å². The lowest BCUT2D eigenvalue weighted by atomic mass is 10.1. The molecule has 0 aliphatic heterocycles. The molecule has 1 rings (SSSR count). The van der Waals surface area contributed by atoms with Gasteiger partial charge in [0.1, 0.15) is 0 Å². The second-order valence-electron chi connectivity index (χ2n) is 2.94. The number of carbonyl (C=O) groups is 1. The molecular weight excluding hydrogens is 251 g/mol. The molecule has 0 saturated heterocycles. The van der Waals surface area contributed by atoms with Crippen molar-refractivity contribution in [1.82, 2.24) is 0 Å². The number of ketones is 1. The average Bonchev–Trinajstić information content (AvgIpc) is 2.29. The van der Waals surface area contributed by atoms with Crippen LogP contribution in [0.15, 0.2) is 29.0 Å². The van der Waals surface area contributed by atoms with E-state index < -0.39 is 0 Å². The molecule has 0 N–H and O–H groups in total. The maximum absolute atomic E-state index is 11.1. The smallest absolute Gasteiger partial charge is 0.205 e. The number of benzene rings is 1. The summed E-state index contributed by atoms with van der Waals surface area (Å²) >= 11 is 11.0. The van der Waals surface area contributed by atoms with Gasteiger partial charge in [0.2, 0.25) is 5.22 Å². The molecule has 0 radical (unpaired) electrons. The molecule has 0 spiro atoms. The standard InChI is InChI=1S/C11H10Cl2O3/c1-7(14)8-3-4-9(10(5-8)15-2)16-11(13)6-12/h3-6H,1-2H3/b11-6-. The molecule has 0 saturated carbocycles. The first-order chi connectivity index (χ1) is 7.58. The van der Waals surface area contributed by atoms with Crippen LogP contribution in [0.2, 0.25) is 0 Å². The third-order valence-corrected chi connectivity index (χ3v) is 2.36. The Bertz CT molecular complexity index is 427. The predicted molar refractivity (Wildman–Crippen MR) is 63.4 cm³/mol. The Kier molecular flexibility index (Phi) is 4.65. The summed E-state index contributed by atoms with van der Waals surface area (Å²) in [5, 5.41) is 0.0236. The fourth-order valence-electron chi connectivity index (χ4n) is 1.10. The maximum atomic E-state index is 11.1. The van der Waals surface area contributed by atoms with E-state index in [9.17, 15) is 4.79 Å². The van der Waals surface area contributed by atoms with Crippen LogP contribution in [0.5, 0.6) is 11.5 Å². The maximum Gasteiger partial charge on any atom is 0.205 e. The van der Waals surface area contributed by atoms with E-state index in [2.05, 4.69) is 0 Å². The first-order valence-electron chi connectivity index (χ1n) is 4.41. The zero-order valence-electron chi connectivity index (χ0n) is 8.79. The van der Waals surface area contributed by atoms with Crippen molar-refractivity contribution in [3.8, 4) is 11.5 Å². The number of carbonyl (C=O) groups excluding carboxylic acids is 1. The number of rotatable bonds is 4. The first kappa shape index (κ1) is 12.9. The molecule has 1 aromatic carbocycles. The fraction of sp³-hybridized carbons (Fsp3) is 0.182. The van der Waals surface area contributed by atoms with Gasteiger partial charge in [0.25, 0.3) is 0 Å². The second kappa shape index (κ2) is 5.77. The predicted octanol–water partition coefficient (Wildman–Crippen LogP) is 3.55. The van der Waals surface area contributed by atoms with Gasteiger partial charge in [-0.15, -0.1) is 0 Å². The van der Waals surface area contributed by atoms with Crippen molar-refractivity contribution in [3.05, 3.63) is 34.5 Å². The van der Waals surface area contributed by atoms with Gasteiger partial charge in [-0.3, -0.25) is 4.79 Å². The van der Waals surface area contributed by atoms with Crippen LogP contribution in [0.3, 0.4) is 0 Å². The highest BCUT2D eigenvalue weighted by molar-refractivity contribution is 6.35. The van der Waals surface area contributed by atoms with Gasteiger partial charge in [-0.2, -0.15) is 0 Å². The fourth-order valence-corrected chi connectivity index (χ4v) is 1.23. The van der Waals surface area contributed by atoms with Crippen molar-refractivity contribution in [3.63, 3.8) is 0 Å². The van der Waals surface area contributed by atoms with Gasteiger partial charge in [0.05, 0.1) is 12.6 Å². The van der Waals surface area contributed by atoms with E-state index in [4.69, 9.17) is 32.7 Å². The van der Waals surface area contributed by atoms with Crippen LogP contribution in [0, 0.1) is 0 Å². The summed E-state index contributed by atoms with van der Waals surface area (Å²) in [6.45, 7) is 1.47. The SMILES string of the molecule is COc1cc(C(C)=O)ccc1O/C(Cl)=C\Cl. The van der Waals surface area contributed by atoms with E-state index >= 15 is 0 Å². The minimum Gasteiger partial charge on any atom is -0.493 e. The monoisotopic (exact) mass is 260 g/mol. The van der Waals surface area contributed by atoms with E-state index in [0.29, 0.717) is 17.1 Å². The number of Topliss-reactive ketones (excluding diaryl/α,β-unsaturated/α-hetero) is 1. The van der Waals surface area contributed by atoms with E-state index in [0.717, 1.165) is 5.54 Å². The molecule has 0 fully saturated rings. The van der Waals surface area contributed by atoms with Gasteiger partial charge in [-0.05, 0) is 36.7 Å². The Morgan fingerprint density at radius 3 is 2.56 bits per heavy atom. The molecule has 0 heterocycles. The average molecular weight is 261 g/mol. The Balaban J connectivity index is 3.07. The molecule has 5 heteroatoms. The van der Waals surface area contributed by atoms with Crippen LogP contribution < -0.4 is 9.47 Å². The zero-order chi connectivity index (χ0) is 12.1. The Morgan fingerprint density at radius 2 is 2.06 bits per heavy atom. The lowest BCUT2D eigenvalue weighted by molar-refractivity contribution is 0.101. The molecule has 0 aromatic heterocycles. The largest absolute Gasteiger partial charge is 0.493 e. The molecule has 0 aliphatic carbocycles. The molecule has 3 nitrogen and oxygen atoms in total. The van der Waals surface area contributed by atoms with Gasteiger partial charge in [0, 0.05) is 5.56 Å². The van der Waals surface area contributed by atoms with Gasteiger partial charge in [-0.1, -0.05) is 11.6 Å². The third-order valence-electron chi connectivity index (χ3n) is 1.86. The topological polar surface area (TPSA) is 35.5 Å². The van der Waals surface area contributed by atoms with Crippen molar-refractivity contribution in [1.29, 1.82) is 0 Å². The van der Waals surface area contributed by atoms with Gasteiger partial charge in [0.15, 0.2) is 17.3 Å². The van der Waals surface area contributed by atoms with E-state index in [-0.39, 0.29) is 11.0 Å². The van der Waals surface area contributed by atoms with E-state index in [1.165, 1.54) is 14.0 Å². The van der Waals surface area contributed by atoms with Crippen molar-refractivity contribution < 1.29 is 14.3 Å². The molecule has 1 aromatic rings. The molecule has 0 atom stereocenters. The summed E-state index contributed by atoms with van der Waals surface area (Å²) in [6, 6.07) is 4.80. The summed E-state index contributed by atoms with van der Waals surface area (Å²) in [4.78, 5) is 11.1. The molecule has 0 bridgehead atoms. The molecule has 86 valence electrons. The normalized spacial score (nSPS) is 11.1.